The van der Waals surface area contributed by atoms with Gasteiger partial charge >= 0.3 is 5.97 Å². The number of nitrogens with one attached hydrogen (secondary N) is 1. The van der Waals surface area contributed by atoms with Crippen LogP contribution in [0.25, 0.3) is 0 Å². The van der Waals surface area contributed by atoms with E-state index in [2.05, 4.69) is 10.3 Å². The summed E-state index contributed by atoms with van der Waals surface area (Å²) in [6.45, 7) is 4.58. The van der Waals surface area contributed by atoms with Crippen molar-refractivity contribution in [2.75, 3.05) is 6.61 Å². The van der Waals surface area contributed by atoms with Gasteiger partial charge in [-0.15, -0.1) is 0 Å². The maximum absolute atomic E-state index is 12.1. The van der Waals surface area contributed by atoms with E-state index in [0.29, 0.717) is 11.3 Å². The molecule has 1 N–H and O–H groups in total. The molecule has 1 amide bonds. The zero-order chi connectivity index (χ0) is 19.1. The first kappa shape index (κ1) is 19.5. The van der Waals surface area contributed by atoms with E-state index in [1.165, 1.54) is 12.3 Å². The number of para-hydroxylation sites is 1. The average molecular weight is 374 g/mol. The number of hydrogen-bond acceptors (Lipinski definition) is 7. The normalized spacial score (nSPS) is 13.8. The maximum Gasteiger partial charge on any atom is 0.363 e. The molecule has 0 unspecified atom stereocenters. The summed E-state index contributed by atoms with van der Waals surface area (Å²) in [5, 5.41) is 3.75. The van der Waals surface area contributed by atoms with Gasteiger partial charge in [-0.3, -0.25) is 9.59 Å². The molecule has 0 aliphatic carbocycles. The van der Waals surface area contributed by atoms with Crippen molar-refractivity contribution in [3.8, 4) is 5.75 Å². The Labute approximate surface area is 155 Å². The van der Waals surface area contributed by atoms with Gasteiger partial charge in [0.25, 0.3) is 5.91 Å². The van der Waals surface area contributed by atoms with Crippen molar-refractivity contribution >= 4 is 34.7 Å². The monoisotopic (exact) mass is 374 g/mol. The fourth-order valence-electron chi connectivity index (χ4n) is 1.86. The van der Waals surface area contributed by atoms with Crippen molar-refractivity contribution in [2.45, 2.75) is 20.8 Å². The molecule has 1 heterocycles. The largest absolute Gasteiger partial charge is 0.484 e. The van der Waals surface area contributed by atoms with E-state index >= 15 is 0 Å². The third-order valence-electron chi connectivity index (χ3n) is 3.03. The number of aliphatic imine (C=N–C) groups is 1. The number of thioether (sulfide) groups is 1. The Morgan fingerprint density at radius 1 is 1.23 bits per heavy atom. The van der Waals surface area contributed by atoms with Crippen molar-refractivity contribution in [3.05, 3.63) is 52.7 Å². The maximum atomic E-state index is 12.1. The molecule has 1 aromatic carbocycles. The summed E-state index contributed by atoms with van der Waals surface area (Å²) in [6, 6.07) is 8.85. The van der Waals surface area contributed by atoms with Crippen LogP contribution in [0.3, 0.4) is 0 Å². The summed E-state index contributed by atoms with van der Waals surface area (Å²) in [5.41, 5.74) is 0.979. The number of cyclic esters (lactones) is 1. The van der Waals surface area contributed by atoms with E-state index in [4.69, 9.17) is 9.47 Å². The second-order valence-electron chi connectivity index (χ2n) is 5.45. The number of amides is 1. The molecule has 0 bridgehead atoms. The van der Waals surface area contributed by atoms with Gasteiger partial charge in [0, 0.05) is 12.3 Å². The highest BCUT2D eigenvalue weighted by molar-refractivity contribution is 8.16. The van der Waals surface area contributed by atoms with Crippen LogP contribution in [0.15, 0.2) is 57.7 Å². The minimum absolute atomic E-state index is 0.0620. The second kappa shape index (κ2) is 9.00. The number of hydrogen-bond donors (Lipinski definition) is 1. The minimum atomic E-state index is -0.603. The number of esters is 1. The fourth-order valence-corrected chi connectivity index (χ4v) is 2.31. The molecule has 0 fully saturated rings. The molecule has 0 aromatic heterocycles. The standard InChI is InChI=1S/C18H18N2O5S/c1-11(2)16-18(23)25-17(20-16)14(10-26-12(3)21)19-15(22)9-24-13-7-5-4-6-8-13/h4-8,10H,9H2,1-3H3,(H,19,22). The molecule has 2 rings (SSSR count). The van der Waals surface area contributed by atoms with Gasteiger partial charge in [-0.1, -0.05) is 30.0 Å². The number of benzene rings is 1. The lowest BCUT2D eigenvalue weighted by molar-refractivity contribution is -0.130. The number of nitrogens with zero attached hydrogens (tertiary/aromatic N) is 1. The molecular weight excluding hydrogens is 356 g/mol. The van der Waals surface area contributed by atoms with Crippen LogP contribution in [0, 0.1) is 0 Å². The highest BCUT2D eigenvalue weighted by atomic mass is 32.2. The molecule has 1 aliphatic heterocycles. The molecule has 7 nitrogen and oxygen atoms in total. The molecule has 0 saturated heterocycles. The third-order valence-corrected chi connectivity index (χ3v) is 3.72. The number of rotatable bonds is 6. The molecule has 26 heavy (non-hydrogen) atoms. The summed E-state index contributed by atoms with van der Waals surface area (Å²) < 4.78 is 10.5. The Kier molecular flexibility index (Phi) is 6.74. The van der Waals surface area contributed by atoms with Crippen molar-refractivity contribution in [1.82, 2.24) is 5.32 Å². The molecule has 136 valence electrons. The summed E-state index contributed by atoms with van der Waals surface area (Å²) >= 11 is 0.849. The van der Waals surface area contributed by atoms with E-state index in [9.17, 15) is 14.4 Å². The van der Waals surface area contributed by atoms with Gasteiger partial charge in [0.05, 0.1) is 0 Å². The fraction of sp³-hybridized carbons (Fsp3) is 0.222. The van der Waals surface area contributed by atoms with Crippen molar-refractivity contribution in [1.29, 1.82) is 0 Å². The third kappa shape index (κ3) is 5.59. The molecule has 0 saturated carbocycles. The van der Waals surface area contributed by atoms with Gasteiger partial charge in [-0.25, -0.2) is 9.79 Å². The van der Waals surface area contributed by atoms with Crippen LogP contribution in [0.4, 0.5) is 0 Å². The number of carbonyl (C=O) groups is 3. The van der Waals surface area contributed by atoms with E-state index in [1.807, 2.05) is 6.07 Å². The predicted octanol–water partition coefficient (Wildman–Crippen LogP) is 2.55. The van der Waals surface area contributed by atoms with E-state index in [1.54, 1.807) is 38.1 Å². The lowest BCUT2D eigenvalue weighted by atomic mass is 10.3. The lowest BCUT2D eigenvalue weighted by Crippen LogP contribution is -2.32. The Balaban J connectivity index is 2.10. The minimum Gasteiger partial charge on any atom is -0.484 e. The molecule has 1 aliphatic rings. The van der Waals surface area contributed by atoms with Crippen LogP contribution >= 0.6 is 11.8 Å². The first-order valence-corrected chi connectivity index (χ1v) is 8.58. The molecule has 8 heteroatoms. The Morgan fingerprint density at radius 3 is 2.50 bits per heavy atom. The van der Waals surface area contributed by atoms with Crippen LogP contribution in [-0.4, -0.2) is 29.5 Å². The van der Waals surface area contributed by atoms with Gasteiger partial charge in [-0.2, -0.15) is 0 Å². The quantitative estimate of drug-likeness (QED) is 0.607. The smallest absolute Gasteiger partial charge is 0.363 e. The molecule has 0 radical (unpaired) electrons. The molecule has 0 atom stereocenters. The number of allylic oxidation sites excluding steroid dienone is 1. The molecule has 0 spiro atoms. The summed E-state index contributed by atoms with van der Waals surface area (Å²) in [4.78, 5) is 39.3. The highest BCUT2D eigenvalue weighted by Crippen LogP contribution is 2.19. The molecule has 1 aromatic rings. The Morgan fingerprint density at radius 2 is 1.92 bits per heavy atom. The van der Waals surface area contributed by atoms with E-state index < -0.39 is 11.9 Å². The summed E-state index contributed by atoms with van der Waals surface area (Å²) in [6.07, 6.45) is 0. The van der Waals surface area contributed by atoms with Crippen molar-refractivity contribution in [2.24, 2.45) is 4.99 Å². The lowest BCUT2D eigenvalue weighted by Gasteiger charge is -2.09. The first-order chi connectivity index (χ1) is 12.4. The van der Waals surface area contributed by atoms with Crippen LogP contribution in [0.5, 0.6) is 5.75 Å². The average Bonchev–Trinajstić information content (AvgIpc) is 2.99. The SMILES string of the molecule is CC(=O)SC=C(NC(=O)COc1ccccc1)C1=NC(=C(C)C)C(=O)O1. The topological polar surface area (TPSA) is 94.1 Å². The van der Waals surface area contributed by atoms with Crippen LogP contribution < -0.4 is 10.1 Å². The van der Waals surface area contributed by atoms with Crippen LogP contribution in [0.1, 0.15) is 20.8 Å². The van der Waals surface area contributed by atoms with Crippen LogP contribution in [0.2, 0.25) is 0 Å². The summed E-state index contributed by atoms with van der Waals surface area (Å²) in [5.74, 6) is -0.599. The van der Waals surface area contributed by atoms with Gasteiger partial charge in [0.2, 0.25) is 5.90 Å². The van der Waals surface area contributed by atoms with E-state index in [0.717, 1.165) is 11.8 Å². The first-order valence-electron chi connectivity index (χ1n) is 7.70. The summed E-state index contributed by atoms with van der Waals surface area (Å²) in [7, 11) is 0. The highest BCUT2D eigenvalue weighted by Gasteiger charge is 2.27. The van der Waals surface area contributed by atoms with Gasteiger partial charge in [-0.05, 0) is 31.6 Å². The zero-order valence-electron chi connectivity index (χ0n) is 14.6. The van der Waals surface area contributed by atoms with Crippen molar-refractivity contribution in [3.63, 3.8) is 0 Å². The Hall–Kier alpha value is -2.87. The van der Waals surface area contributed by atoms with Crippen LogP contribution in [-0.2, 0) is 19.1 Å². The predicted molar refractivity (Wildman–Crippen MR) is 98.3 cm³/mol. The van der Waals surface area contributed by atoms with Crippen molar-refractivity contribution < 1.29 is 23.9 Å². The number of ether oxygens (including phenoxy) is 2. The zero-order valence-corrected chi connectivity index (χ0v) is 15.4. The van der Waals surface area contributed by atoms with Gasteiger partial charge in [0.15, 0.2) is 17.4 Å². The second-order valence-corrected chi connectivity index (χ2v) is 6.49. The van der Waals surface area contributed by atoms with Gasteiger partial charge < -0.3 is 14.8 Å². The Bertz CT molecular complexity index is 808. The van der Waals surface area contributed by atoms with Gasteiger partial charge in [0.1, 0.15) is 11.4 Å². The molecular formula is C18H18N2O5S. The number of carbonyl (C=O) groups excluding carboxylic acids is 3. The van der Waals surface area contributed by atoms with E-state index in [-0.39, 0.29) is 29.0 Å².